The fourth-order valence-corrected chi connectivity index (χ4v) is 3.13. The fourth-order valence-electron chi connectivity index (χ4n) is 3.13. The second kappa shape index (κ2) is 7.03. The first-order chi connectivity index (χ1) is 13.1. The lowest BCUT2D eigenvalue weighted by molar-refractivity contribution is 0.300. The Hall–Kier alpha value is -3.47. The molecule has 0 fully saturated rings. The van der Waals surface area contributed by atoms with Gasteiger partial charge in [0.05, 0.1) is 17.3 Å². The van der Waals surface area contributed by atoms with Crippen LogP contribution in [0.15, 0.2) is 71.8 Å². The molecule has 0 spiro atoms. The van der Waals surface area contributed by atoms with E-state index < -0.39 is 0 Å². The van der Waals surface area contributed by atoms with Gasteiger partial charge in [-0.1, -0.05) is 29.8 Å². The normalized spacial score (nSPS) is 17.2. The van der Waals surface area contributed by atoms with Crippen LogP contribution in [0, 0.1) is 6.92 Å². The lowest BCUT2D eigenvalue weighted by atomic mass is 9.88. The Balaban J connectivity index is 1.74. The molecule has 0 saturated carbocycles. The number of fused-ring (bicyclic) bond motifs is 1. The first kappa shape index (κ1) is 17.0. The predicted molar refractivity (Wildman–Crippen MR) is 106 cm³/mol. The quantitative estimate of drug-likeness (QED) is 0.605. The summed E-state index contributed by atoms with van der Waals surface area (Å²) in [5.74, 6) is 0.884. The molecular formula is C22H20N2O3. The minimum Gasteiger partial charge on any atom is -0.508 e. The molecule has 5 heteroatoms. The van der Waals surface area contributed by atoms with Gasteiger partial charge in [0.2, 0.25) is 0 Å². The molecule has 1 aliphatic heterocycles. The third-order valence-corrected chi connectivity index (χ3v) is 4.63. The molecule has 27 heavy (non-hydrogen) atoms. The van der Waals surface area contributed by atoms with Gasteiger partial charge in [-0.05, 0) is 48.9 Å². The average Bonchev–Trinajstić information content (AvgIpc) is 2.68. The number of hydrogen-bond acceptors (Lipinski definition) is 5. The molecule has 3 aromatic rings. The number of hydrazone groups is 1. The predicted octanol–water partition coefficient (Wildman–Crippen LogP) is 4.40. The van der Waals surface area contributed by atoms with E-state index in [1.54, 1.807) is 24.3 Å². The van der Waals surface area contributed by atoms with E-state index in [-0.39, 0.29) is 17.4 Å². The molecule has 0 saturated heterocycles. The van der Waals surface area contributed by atoms with E-state index in [2.05, 4.69) is 10.5 Å². The average molecular weight is 360 g/mol. The van der Waals surface area contributed by atoms with Crippen LogP contribution < -0.4 is 10.2 Å². The molecule has 0 amide bonds. The summed E-state index contributed by atoms with van der Waals surface area (Å²) in [7, 11) is 0. The number of ether oxygens (including phenoxy) is 1. The van der Waals surface area contributed by atoms with Crippen LogP contribution in [0.1, 0.15) is 22.6 Å². The van der Waals surface area contributed by atoms with Gasteiger partial charge in [0.15, 0.2) is 0 Å². The largest absolute Gasteiger partial charge is 0.508 e. The Bertz CT molecular complexity index is 979. The molecule has 1 unspecified atom stereocenters. The number of hydrogen-bond donors (Lipinski definition) is 3. The molecule has 0 radical (unpaired) electrons. The molecule has 1 heterocycles. The van der Waals surface area contributed by atoms with E-state index in [9.17, 15) is 10.2 Å². The summed E-state index contributed by atoms with van der Waals surface area (Å²) < 4.78 is 5.87. The van der Waals surface area contributed by atoms with Crippen LogP contribution in [0.25, 0.3) is 0 Å². The van der Waals surface area contributed by atoms with Crippen molar-refractivity contribution in [2.75, 3.05) is 12.0 Å². The Morgan fingerprint density at radius 3 is 2.37 bits per heavy atom. The highest BCUT2D eigenvalue weighted by atomic mass is 16.5. The van der Waals surface area contributed by atoms with Crippen molar-refractivity contribution >= 4 is 11.4 Å². The van der Waals surface area contributed by atoms with Gasteiger partial charge in [0.25, 0.3) is 0 Å². The second-order valence-electron chi connectivity index (χ2n) is 6.61. The molecule has 3 N–H and O–H groups in total. The van der Waals surface area contributed by atoms with Crippen LogP contribution in [0.4, 0.5) is 5.69 Å². The Labute approximate surface area is 157 Å². The lowest BCUT2D eigenvalue weighted by Crippen LogP contribution is -2.27. The summed E-state index contributed by atoms with van der Waals surface area (Å²) >= 11 is 0. The zero-order valence-corrected chi connectivity index (χ0v) is 14.9. The molecule has 0 bridgehead atoms. The molecular weight excluding hydrogens is 340 g/mol. The van der Waals surface area contributed by atoms with E-state index in [1.165, 1.54) is 5.56 Å². The van der Waals surface area contributed by atoms with Crippen LogP contribution in [-0.2, 0) is 0 Å². The van der Waals surface area contributed by atoms with E-state index in [1.807, 2.05) is 49.4 Å². The number of nitrogens with one attached hydrogen (secondary N) is 1. The SMILES string of the molecule is Cc1ccc(NN=C2c3ccc(O)cc3OCC2c2ccc(O)cc2)cc1. The van der Waals surface area contributed by atoms with Crippen molar-refractivity contribution in [3.8, 4) is 17.2 Å². The summed E-state index contributed by atoms with van der Waals surface area (Å²) in [5.41, 5.74) is 7.85. The first-order valence-corrected chi connectivity index (χ1v) is 8.75. The smallest absolute Gasteiger partial charge is 0.132 e. The zero-order valence-electron chi connectivity index (χ0n) is 14.9. The van der Waals surface area contributed by atoms with Gasteiger partial charge in [-0.15, -0.1) is 0 Å². The second-order valence-corrected chi connectivity index (χ2v) is 6.61. The van der Waals surface area contributed by atoms with Crippen molar-refractivity contribution in [2.24, 2.45) is 5.10 Å². The molecule has 0 aliphatic carbocycles. The van der Waals surface area contributed by atoms with Crippen LogP contribution >= 0.6 is 0 Å². The maximum Gasteiger partial charge on any atom is 0.132 e. The van der Waals surface area contributed by atoms with Crippen molar-refractivity contribution in [1.29, 1.82) is 0 Å². The topological polar surface area (TPSA) is 74.1 Å². The van der Waals surface area contributed by atoms with E-state index >= 15 is 0 Å². The van der Waals surface area contributed by atoms with Crippen LogP contribution in [0.3, 0.4) is 0 Å². The molecule has 136 valence electrons. The third kappa shape index (κ3) is 3.58. The monoisotopic (exact) mass is 360 g/mol. The standard InChI is InChI=1S/C22H20N2O3/c1-14-2-6-16(7-3-14)23-24-22-19-11-10-18(26)12-21(19)27-13-20(22)15-4-8-17(25)9-5-15/h2-12,20,23,25-26H,13H2,1H3. The van der Waals surface area contributed by atoms with E-state index in [0.717, 1.165) is 22.5 Å². The number of rotatable bonds is 3. The summed E-state index contributed by atoms with van der Waals surface area (Å²) in [6.45, 7) is 2.44. The highest BCUT2D eigenvalue weighted by Crippen LogP contribution is 2.35. The van der Waals surface area contributed by atoms with Gasteiger partial charge in [0, 0.05) is 11.6 Å². The lowest BCUT2D eigenvalue weighted by Gasteiger charge is -2.27. The number of phenolic OH excluding ortho intramolecular Hbond substituents is 2. The van der Waals surface area contributed by atoms with Crippen LogP contribution in [-0.4, -0.2) is 22.5 Å². The maximum absolute atomic E-state index is 9.76. The Morgan fingerprint density at radius 1 is 0.926 bits per heavy atom. The van der Waals surface area contributed by atoms with Gasteiger partial charge in [0.1, 0.15) is 23.9 Å². The van der Waals surface area contributed by atoms with Crippen molar-refractivity contribution < 1.29 is 14.9 Å². The summed E-state index contributed by atoms with van der Waals surface area (Å²) in [5, 5.41) is 24.0. The maximum atomic E-state index is 9.76. The molecule has 5 nitrogen and oxygen atoms in total. The molecule has 1 aliphatic rings. The highest BCUT2D eigenvalue weighted by molar-refractivity contribution is 6.08. The van der Waals surface area contributed by atoms with Crippen molar-refractivity contribution in [3.63, 3.8) is 0 Å². The molecule has 3 aromatic carbocycles. The van der Waals surface area contributed by atoms with E-state index in [0.29, 0.717) is 12.4 Å². The Morgan fingerprint density at radius 2 is 1.63 bits per heavy atom. The number of aromatic hydroxyl groups is 2. The van der Waals surface area contributed by atoms with Gasteiger partial charge in [-0.2, -0.15) is 5.10 Å². The van der Waals surface area contributed by atoms with Crippen molar-refractivity contribution in [3.05, 3.63) is 83.4 Å². The summed E-state index contributed by atoms with van der Waals surface area (Å²) in [6, 6.07) is 20.1. The third-order valence-electron chi connectivity index (χ3n) is 4.63. The Kier molecular flexibility index (Phi) is 4.42. The summed E-state index contributed by atoms with van der Waals surface area (Å²) in [6.07, 6.45) is 0. The number of nitrogens with zero attached hydrogens (tertiary/aromatic N) is 1. The van der Waals surface area contributed by atoms with Gasteiger partial charge >= 0.3 is 0 Å². The van der Waals surface area contributed by atoms with Gasteiger partial charge < -0.3 is 14.9 Å². The number of anilines is 1. The van der Waals surface area contributed by atoms with Crippen LogP contribution in [0.2, 0.25) is 0 Å². The summed E-state index contributed by atoms with van der Waals surface area (Å²) in [4.78, 5) is 0. The van der Waals surface area contributed by atoms with Crippen molar-refractivity contribution in [1.82, 2.24) is 0 Å². The number of benzene rings is 3. The first-order valence-electron chi connectivity index (χ1n) is 8.75. The molecule has 4 rings (SSSR count). The number of aryl methyl sites for hydroxylation is 1. The van der Waals surface area contributed by atoms with Crippen LogP contribution in [0.5, 0.6) is 17.2 Å². The molecule has 1 atom stereocenters. The van der Waals surface area contributed by atoms with E-state index in [4.69, 9.17) is 4.74 Å². The fraction of sp³-hybridized carbons (Fsp3) is 0.136. The van der Waals surface area contributed by atoms with Gasteiger partial charge in [-0.25, -0.2) is 0 Å². The minimum absolute atomic E-state index is 0.0967. The zero-order chi connectivity index (χ0) is 18.8. The molecule has 0 aromatic heterocycles. The number of phenols is 2. The highest BCUT2D eigenvalue weighted by Gasteiger charge is 2.29. The minimum atomic E-state index is -0.0967. The van der Waals surface area contributed by atoms with Gasteiger partial charge in [-0.3, -0.25) is 5.43 Å². The van der Waals surface area contributed by atoms with Crippen molar-refractivity contribution in [2.45, 2.75) is 12.8 Å².